The Morgan fingerprint density at radius 2 is 2.42 bits per heavy atom. The van der Waals surface area contributed by atoms with Crippen LogP contribution >= 0.6 is 15.9 Å². The monoisotopic (exact) mass is 231 g/mol. The highest BCUT2D eigenvalue weighted by Gasteiger charge is 2.01. The molecule has 0 radical (unpaired) electrons. The maximum Gasteiger partial charge on any atom is 0.213 e. The van der Waals surface area contributed by atoms with Gasteiger partial charge in [-0.2, -0.15) is 0 Å². The van der Waals surface area contributed by atoms with Crippen LogP contribution in [0.4, 0.5) is 0 Å². The van der Waals surface area contributed by atoms with E-state index in [1.54, 1.807) is 19.2 Å². The molecule has 0 fully saturated rings. The highest BCUT2D eigenvalue weighted by molar-refractivity contribution is 9.10. The van der Waals surface area contributed by atoms with Gasteiger partial charge >= 0.3 is 0 Å². The van der Waals surface area contributed by atoms with Gasteiger partial charge < -0.3 is 9.84 Å². The van der Waals surface area contributed by atoms with Crippen LogP contribution in [0.25, 0.3) is 0 Å². The van der Waals surface area contributed by atoms with Gasteiger partial charge in [-0.15, -0.1) is 0 Å². The third kappa shape index (κ3) is 2.79. The molecule has 1 aromatic rings. The van der Waals surface area contributed by atoms with E-state index in [-0.39, 0.29) is 12.7 Å². The SMILES string of the molecule is CC(CO)Oc1ccc(Br)cn1. The van der Waals surface area contributed by atoms with Crippen molar-refractivity contribution in [3.05, 3.63) is 22.8 Å². The highest BCUT2D eigenvalue weighted by Crippen LogP contribution is 2.13. The van der Waals surface area contributed by atoms with Gasteiger partial charge in [-0.05, 0) is 28.9 Å². The van der Waals surface area contributed by atoms with E-state index in [0.29, 0.717) is 5.88 Å². The number of aromatic nitrogens is 1. The van der Waals surface area contributed by atoms with E-state index in [1.807, 2.05) is 6.07 Å². The van der Waals surface area contributed by atoms with Gasteiger partial charge in [0.2, 0.25) is 5.88 Å². The predicted molar refractivity (Wildman–Crippen MR) is 49.1 cm³/mol. The molecule has 1 N–H and O–H groups in total. The molecule has 0 saturated carbocycles. The number of aliphatic hydroxyl groups excluding tert-OH is 1. The molecular weight excluding hydrogens is 222 g/mol. The Morgan fingerprint density at radius 1 is 1.67 bits per heavy atom. The Hall–Kier alpha value is -0.610. The third-order valence-corrected chi connectivity index (χ3v) is 1.75. The predicted octanol–water partition coefficient (Wildman–Crippen LogP) is 1.60. The van der Waals surface area contributed by atoms with E-state index in [1.165, 1.54) is 0 Å². The summed E-state index contributed by atoms with van der Waals surface area (Å²) in [6.07, 6.45) is 1.44. The number of hydrogen-bond donors (Lipinski definition) is 1. The molecule has 0 aromatic carbocycles. The van der Waals surface area contributed by atoms with Crippen molar-refractivity contribution >= 4 is 15.9 Å². The molecular formula is C8H10BrNO2. The lowest BCUT2D eigenvalue weighted by Gasteiger charge is -2.09. The maximum absolute atomic E-state index is 8.69. The molecule has 0 bridgehead atoms. The van der Waals surface area contributed by atoms with Gasteiger partial charge in [-0.25, -0.2) is 4.98 Å². The minimum Gasteiger partial charge on any atom is -0.472 e. The molecule has 1 rings (SSSR count). The van der Waals surface area contributed by atoms with Crippen LogP contribution in [0.5, 0.6) is 5.88 Å². The molecule has 66 valence electrons. The number of aliphatic hydroxyl groups is 1. The zero-order chi connectivity index (χ0) is 8.97. The molecule has 12 heavy (non-hydrogen) atoms. The summed E-state index contributed by atoms with van der Waals surface area (Å²) < 4.78 is 6.15. The third-order valence-electron chi connectivity index (χ3n) is 1.28. The fourth-order valence-corrected chi connectivity index (χ4v) is 0.910. The summed E-state index contributed by atoms with van der Waals surface area (Å²) in [5, 5.41) is 8.69. The minimum absolute atomic E-state index is 0.00224. The summed E-state index contributed by atoms with van der Waals surface area (Å²) >= 11 is 3.26. The molecule has 1 atom stereocenters. The fraction of sp³-hybridized carbons (Fsp3) is 0.375. The normalized spacial score (nSPS) is 12.6. The van der Waals surface area contributed by atoms with Crippen LogP contribution in [0, 0.1) is 0 Å². The van der Waals surface area contributed by atoms with Gasteiger partial charge in [0.25, 0.3) is 0 Å². The first kappa shape index (κ1) is 9.48. The number of ether oxygens (including phenoxy) is 1. The molecule has 1 unspecified atom stereocenters. The lowest BCUT2D eigenvalue weighted by atomic mass is 10.4. The van der Waals surface area contributed by atoms with Gasteiger partial charge in [0.1, 0.15) is 6.10 Å². The van der Waals surface area contributed by atoms with Crippen molar-refractivity contribution in [1.29, 1.82) is 0 Å². The highest BCUT2D eigenvalue weighted by atomic mass is 79.9. The second-order valence-corrected chi connectivity index (χ2v) is 3.34. The van der Waals surface area contributed by atoms with Crippen LogP contribution < -0.4 is 4.74 Å². The van der Waals surface area contributed by atoms with Crippen LogP contribution in [0.15, 0.2) is 22.8 Å². The Bertz CT molecular complexity index is 237. The average Bonchev–Trinajstić information content (AvgIpc) is 2.09. The Balaban J connectivity index is 2.58. The lowest BCUT2D eigenvalue weighted by molar-refractivity contribution is 0.125. The molecule has 0 amide bonds. The first-order chi connectivity index (χ1) is 5.72. The van der Waals surface area contributed by atoms with Gasteiger partial charge in [0.15, 0.2) is 0 Å². The van der Waals surface area contributed by atoms with E-state index in [4.69, 9.17) is 9.84 Å². The number of pyridine rings is 1. The summed E-state index contributed by atoms with van der Waals surface area (Å²) in [6.45, 7) is 1.78. The number of rotatable bonds is 3. The standard InChI is InChI=1S/C8H10BrNO2/c1-6(5-11)12-8-3-2-7(9)4-10-8/h2-4,6,11H,5H2,1H3. The quantitative estimate of drug-likeness (QED) is 0.860. The molecule has 1 heterocycles. The van der Waals surface area contributed by atoms with Gasteiger partial charge in [-0.3, -0.25) is 0 Å². The molecule has 4 heteroatoms. The van der Waals surface area contributed by atoms with E-state index in [0.717, 1.165) is 4.47 Å². The smallest absolute Gasteiger partial charge is 0.213 e. The van der Waals surface area contributed by atoms with Gasteiger partial charge in [0.05, 0.1) is 6.61 Å². The molecule has 0 aliphatic carbocycles. The van der Waals surface area contributed by atoms with Crippen LogP contribution in [-0.4, -0.2) is 22.8 Å². The second kappa shape index (κ2) is 4.42. The maximum atomic E-state index is 8.69. The summed E-state index contributed by atoms with van der Waals surface area (Å²) in [4.78, 5) is 3.99. The molecule has 0 saturated heterocycles. The number of hydrogen-bond acceptors (Lipinski definition) is 3. The lowest BCUT2D eigenvalue weighted by Crippen LogP contribution is -2.16. The average molecular weight is 232 g/mol. The van der Waals surface area contributed by atoms with Crippen molar-refractivity contribution in [3.8, 4) is 5.88 Å². The molecule has 0 aliphatic rings. The number of halogens is 1. The summed E-state index contributed by atoms with van der Waals surface area (Å²) in [5.74, 6) is 0.528. The second-order valence-electron chi connectivity index (χ2n) is 2.43. The zero-order valence-electron chi connectivity index (χ0n) is 6.70. The molecule has 1 aromatic heterocycles. The Kier molecular flexibility index (Phi) is 3.49. The first-order valence-electron chi connectivity index (χ1n) is 3.61. The van der Waals surface area contributed by atoms with E-state index in [2.05, 4.69) is 20.9 Å². The van der Waals surface area contributed by atoms with Crippen LogP contribution in [-0.2, 0) is 0 Å². The van der Waals surface area contributed by atoms with E-state index in [9.17, 15) is 0 Å². The van der Waals surface area contributed by atoms with Gasteiger partial charge in [-0.1, -0.05) is 0 Å². The van der Waals surface area contributed by atoms with Crippen molar-refractivity contribution in [2.24, 2.45) is 0 Å². The van der Waals surface area contributed by atoms with Gasteiger partial charge in [0, 0.05) is 16.7 Å². The van der Waals surface area contributed by atoms with Crippen LogP contribution in [0.3, 0.4) is 0 Å². The topological polar surface area (TPSA) is 42.4 Å². The summed E-state index contributed by atoms with van der Waals surface area (Å²) in [5.41, 5.74) is 0. The largest absolute Gasteiger partial charge is 0.472 e. The van der Waals surface area contributed by atoms with Crippen molar-refractivity contribution in [2.75, 3.05) is 6.61 Å². The van der Waals surface area contributed by atoms with Crippen LogP contribution in [0.2, 0.25) is 0 Å². The zero-order valence-corrected chi connectivity index (χ0v) is 8.28. The number of nitrogens with zero attached hydrogens (tertiary/aromatic N) is 1. The summed E-state index contributed by atoms with van der Waals surface area (Å²) in [7, 11) is 0. The molecule has 0 aliphatic heterocycles. The Labute approximate surface area is 79.5 Å². The van der Waals surface area contributed by atoms with Crippen molar-refractivity contribution in [3.63, 3.8) is 0 Å². The molecule has 3 nitrogen and oxygen atoms in total. The van der Waals surface area contributed by atoms with E-state index >= 15 is 0 Å². The van der Waals surface area contributed by atoms with Crippen molar-refractivity contribution in [1.82, 2.24) is 4.98 Å². The van der Waals surface area contributed by atoms with Crippen LogP contribution in [0.1, 0.15) is 6.92 Å². The summed E-state index contributed by atoms with van der Waals surface area (Å²) in [6, 6.07) is 3.59. The van der Waals surface area contributed by atoms with Crippen molar-refractivity contribution in [2.45, 2.75) is 13.0 Å². The molecule has 0 spiro atoms. The first-order valence-corrected chi connectivity index (χ1v) is 4.40. The van der Waals surface area contributed by atoms with Crippen molar-refractivity contribution < 1.29 is 9.84 Å². The Morgan fingerprint density at radius 3 is 2.92 bits per heavy atom. The van der Waals surface area contributed by atoms with E-state index < -0.39 is 0 Å². The minimum atomic E-state index is -0.210. The fourth-order valence-electron chi connectivity index (χ4n) is 0.675.